The molecule has 2 atom stereocenters. The van der Waals surface area contributed by atoms with Crippen LogP contribution < -0.4 is 15.1 Å². The lowest BCUT2D eigenvalue weighted by Crippen LogP contribution is -2.58. The standard InChI is InChI=1S/C22H26FN7O/c1-28(2)18-7-9-25-21(13-18)29-14-17(6-8-24-15-31)20(29)12-16-4-3-5-19(23)22(16)30-26-10-11-27-30/h3-5,7,9-11,13,15,17,20H,6,8,12,14H2,1-2H3,(H,24,31)/t17-,20-/m0/s1. The van der Waals surface area contributed by atoms with E-state index in [0.717, 1.165) is 36.4 Å². The summed E-state index contributed by atoms with van der Waals surface area (Å²) in [7, 11) is 3.99. The summed E-state index contributed by atoms with van der Waals surface area (Å²) in [6.45, 7) is 1.44. The van der Waals surface area contributed by atoms with E-state index in [-0.39, 0.29) is 11.9 Å². The molecular weight excluding hydrogens is 397 g/mol. The number of carbonyl (C=O) groups is 1. The van der Waals surface area contributed by atoms with Crippen molar-refractivity contribution in [1.29, 1.82) is 0 Å². The summed E-state index contributed by atoms with van der Waals surface area (Å²) in [6, 6.07) is 9.21. The summed E-state index contributed by atoms with van der Waals surface area (Å²) < 4.78 is 14.7. The lowest BCUT2D eigenvalue weighted by Gasteiger charge is -2.49. The van der Waals surface area contributed by atoms with Gasteiger partial charge in [-0.05, 0) is 36.5 Å². The highest BCUT2D eigenvalue weighted by Crippen LogP contribution is 2.36. The number of hydrogen-bond donors (Lipinski definition) is 1. The molecule has 9 heteroatoms. The van der Waals surface area contributed by atoms with E-state index in [1.165, 1.54) is 23.3 Å². The highest BCUT2D eigenvalue weighted by molar-refractivity contribution is 5.56. The molecule has 0 bridgehead atoms. The first kappa shape index (κ1) is 20.8. The predicted molar refractivity (Wildman–Crippen MR) is 117 cm³/mol. The van der Waals surface area contributed by atoms with Gasteiger partial charge in [0.05, 0.1) is 12.4 Å². The Morgan fingerprint density at radius 1 is 1.23 bits per heavy atom. The summed E-state index contributed by atoms with van der Waals surface area (Å²) >= 11 is 0. The minimum absolute atomic E-state index is 0.120. The second-order valence-corrected chi connectivity index (χ2v) is 7.88. The van der Waals surface area contributed by atoms with Crippen molar-refractivity contribution in [2.24, 2.45) is 5.92 Å². The number of aromatic nitrogens is 4. The van der Waals surface area contributed by atoms with Gasteiger partial charge in [-0.1, -0.05) is 12.1 Å². The second kappa shape index (κ2) is 9.11. The van der Waals surface area contributed by atoms with Gasteiger partial charge >= 0.3 is 0 Å². The first-order valence-corrected chi connectivity index (χ1v) is 10.3. The molecule has 1 aromatic carbocycles. The molecule has 0 saturated carbocycles. The number of hydrogen-bond acceptors (Lipinski definition) is 6. The van der Waals surface area contributed by atoms with Crippen LogP contribution in [-0.4, -0.2) is 59.6 Å². The Bertz CT molecular complexity index is 1020. The molecule has 0 aliphatic carbocycles. The summed E-state index contributed by atoms with van der Waals surface area (Å²) in [4.78, 5) is 20.9. The van der Waals surface area contributed by atoms with E-state index in [4.69, 9.17) is 0 Å². The normalized spacial score (nSPS) is 17.8. The Kier molecular flexibility index (Phi) is 6.11. The van der Waals surface area contributed by atoms with Gasteiger partial charge in [0.25, 0.3) is 0 Å². The number of nitrogens with one attached hydrogen (secondary N) is 1. The number of amides is 1. The van der Waals surface area contributed by atoms with Gasteiger partial charge in [-0.15, -0.1) is 4.80 Å². The Balaban J connectivity index is 1.63. The molecule has 1 saturated heterocycles. The number of anilines is 2. The van der Waals surface area contributed by atoms with E-state index in [1.54, 1.807) is 6.07 Å². The van der Waals surface area contributed by atoms with Crippen LogP contribution >= 0.6 is 0 Å². The summed E-state index contributed by atoms with van der Waals surface area (Å²) in [5.74, 6) is 0.886. The van der Waals surface area contributed by atoms with Gasteiger partial charge in [-0.3, -0.25) is 4.79 Å². The fourth-order valence-electron chi connectivity index (χ4n) is 4.13. The molecule has 162 valence electrons. The molecule has 1 N–H and O–H groups in total. The van der Waals surface area contributed by atoms with E-state index < -0.39 is 0 Å². The zero-order valence-corrected chi connectivity index (χ0v) is 17.6. The van der Waals surface area contributed by atoms with Crippen molar-refractivity contribution in [3.63, 3.8) is 0 Å². The molecule has 0 spiro atoms. The molecule has 0 radical (unpaired) electrons. The smallest absolute Gasteiger partial charge is 0.207 e. The van der Waals surface area contributed by atoms with E-state index in [9.17, 15) is 9.18 Å². The SMILES string of the molecule is CN(C)c1ccnc(N2C[C@H](CCNC=O)[C@@H]2Cc2cccc(F)c2-n2nccn2)c1. The molecule has 0 unspecified atom stereocenters. The first-order valence-electron chi connectivity index (χ1n) is 10.3. The molecule has 31 heavy (non-hydrogen) atoms. The maximum absolute atomic E-state index is 14.7. The fraction of sp³-hybridized carbons (Fsp3) is 0.364. The minimum atomic E-state index is -0.355. The molecule has 8 nitrogen and oxygen atoms in total. The maximum Gasteiger partial charge on any atom is 0.207 e. The number of nitrogens with zero attached hydrogens (tertiary/aromatic N) is 6. The molecule has 1 aliphatic rings. The Labute approximate surface area is 180 Å². The third-order valence-electron chi connectivity index (χ3n) is 5.78. The lowest BCUT2D eigenvalue weighted by molar-refractivity contribution is -0.109. The van der Waals surface area contributed by atoms with E-state index in [1.807, 2.05) is 37.3 Å². The van der Waals surface area contributed by atoms with Crippen LogP contribution in [-0.2, 0) is 11.2 Å². The number of carbonyl (C=O) groups excluding carboxylic acids is 1. The number of rotatable bonds is 9. The van der Waals surface area contributed by atoms with Crippen molar-refractivity contribution in [2.45, 2.75) is 18.9 Å². The third kappa shape index (κ3) is 4.35. The quantitative estimate of drug-likeness (QED) is 0.419. The van der Waals surface area contributed by atoms with Crippen LogP contribution in [0.1, 0.15) is 12.0 Å². The van der Waals surface area contributed by atoms with Crippen LogP contribution in [0.4, 0.5) is 15.9 Å². The highest BCUT2D eigenvalue weighted by Gasteiger charge is 2.39. The van der Waals surface area contributed by atoms with Crippen molar-refractivity contribution in [3.05, 3.63) is 60.3 Å². The summed E-state index contributed by atoms with van der Waals surface area (Å²) in [5, 5.41) is 11.0. The molecule has 4 rings (SSSR count). The predicted octanol–water partition coefficient (Wildman–Crippen LogP) is 2.05. The maximum atomic E-state index is 14.7. The fourth-order valence-corrected chi connectivity index (χ4v) is 4.13. The molecule has 3 aromatic rings. The topological polar surface area (TPSA) is 79.2 Å². The third-order valence-corrected chi connectivity index (χ3v) is 5.78. The van der Waals surface area contributed by atoms with Crippen LogP contribution in [0.5, 0.6) is 0 Å². The monoisotopic (exact) mass is 423 g/mol. The number of para-hydroxylation sites is 1. The number of halogens is 1. The van der Waals surface area contributed by atoms with E-state index in [0.29, 0.717) is 24.6 Å². The number of pyridine rings is 1. The Hall–Kier alpha value is -3.49. The van der Waals surface area contributed by atoms with Crippen molar-refractivity contribution >= 4 is 17.9 Å². The van der Waals surface area contributed by atoms with E-state index in [2.05, 4.69) is 31.5 Å². The van der Waals surface area contributed by atoms with Gasteiger partial charge in [-0.2, -0.15) is 10.2 Å². The van der Waals surface area contributed by atoms with Gasteiger partial charge in [0, 0.05) is 51.2 Å². The van der Waals surface area contributed by atoms with Crippen LogP contribution in [0.15, 0.2) is 48.9 Å². The van der Waals surface area contributed by atoms with Crippen LogP contribution in [0.25, 0.3) is 5.69 Å². The molecule has 2 aromatic heterocycles. The average molecular weight is 423 g/mol. The zero-order chi connectivity index (χ0) is 21.8. The Morgan fingerprint density at radius 2 is 2.03 bits per heavy atom. The van der Waals surface area contributed by atoms with Gasteiger partial charge in [0.15, 0.2) is 5.82 Å². The average Bonchev–Trinajstić information content (AvgIpc) is 3.28. The molecule has 1 amide bonds. The lowest BCUT2D eigenvalue weighted by atomic mass is 9.81. The Morgan fingerprint density at radius 3 is 2.77 bits per heavy atom. The van der Waals surface area contributed by atoms with Crippen LogP contribution in [0, 0.1) is 11.7 Å². The second-order valence-electron chi connectivity index (χ2n) is 7.88. The number of benzene rings is 1. The summed E-state index contributed by atoms with van der Waals surface area (Å²) in [5.41, 5.74) is 2.28. The minimum Gasteiger partial charge on any atom is -0.378 e. The van der Waals surface area contributed by atoms with Gasteiger partial charge in [0.1, 0.15) is 11.5 Å². The van der Waals surface area contributed by atoms with Crippen LogP contribution in [0.2, 0.25) is 0 Å². The largest absolute Gasteiger partial charge is 0.378 e. The molecule has 1 aliphatic heterocycles. The molecular formula is C22H26FN7O. The van der Waals surface area contributed by atoms with Gasteiger partial charge < -0.3 is 15.1 Å². The van der Waals surface area contributed by atoms with Crippen molar-refractivity contribution in [2.75, 3.05) is 37.0 Å². The summed E-state index contributed by atoms with van der Waals surface area (Å²) in [6.07, 6.45) is 7.07. The van der Waals surface area contributed by atoms with Crippen LogP contribution in [0.3, 0.4) is 0 Å². The van der Waals surface area contributed by atoms with E-state index >= 15 is 0 Å². The molecule has 3 heterocycles. The molecule has 1 fully saturated rings. The van der Waals surface area contributed by atoms with Crippen molar-refractivity contribution < 1.29 is 9.18 Å². The highest BCUT2D eigenvalue weighted by atomic mass is 19.1. The van der Waals surface area contributed by atoms with Gasteiger partial charge in [-0.25, -0.2) is 9.37 Å². The zero-order valence-electron chi connectivity index (χ0n) is 17.6. The van der Waals surface area contributed by atoms with Crippen molar-refractivity contribution in [1.82, 2.24) is 25.3 Å². The van der Waals surface area contributed by atoms with Gasteiger partial charge in [0.2, 0.25) is 6.41 Å². The van der Waals surface area contributed by atoms with Crippen molar-refractivity contribution in [3.8, 4) is 5.69 Å². The first-order chi connectivity index (χ1) is 15.1.